The van der Waals surface area contributed by atoms with Crippen LogP contribution in [0.25, 0.3) is 11.1 Å². The highest BCUT2D eigenvalue weighted by atomic mass is 16.5. The molecule has 0 saturated heterocycles. The van der Waals surface area contributed by atoms with Gasteiger partial charge in [-0.1, -0.05) is 36.4 Å². The topological polar surface area (TPSA) is 49.7 Å². The van der Waals surface area contributed by atoms with Crippen molar-refractivity contribution in [3.63, 3.8) is 0 Å². The first kappa shape index (κ1) is 13.6. The van der Waals surface area contributed by atoms with E-state index in [1.165, 1.54) is 5.56 Å². The molecule has 0 fully saturated rings. The Balaban J connectivity index is 2.14. The minimum Gasteiger partial charge on any atom is -0.491 e. The van der Waals surface area contributed by atoms with E-state index < -0.39 is 6.10 Å². The number of hydrogen-bond donors (Lipinski definition) is 2. The number of aliphatic hydroxyl groups excluding tert-OH is 2. The predicted molar refractivity (Wildman–Crippen MR) is 75.2 cm³/mol. The van der Waals surface area contributed by atoms with Gasteiger partial charge >= 0.3 is 0 Å². The van der Waals surface area contributed by atoms with Crippen LogP contribution in [0, 0.1) is 6.92 Å². The molecule has 1 unspecified atom stereocenters. The molecule has 1 atom stereocenters. The number of ether oxygens (including phenoxy) is 1. The summed E-state index contributed by atoms with van der Waals surface area (Å²) >= 11 is 0. The van der Waals surface area contributed by atoms with Gasteiger partial charge in [0.2, 0.25) is 0 Å². The molecular weight excluding hydrogens is 240 g/mol. The number of aliphatic hydroxyl groups is 2. The Labute approximate surface area is 113 Å². The van der Waals surface area contributed by atoms with Gasteiger partial charge in [-0.05, 0) is 35.7 Å². The molecule has 2 aromatic carbocycles. The van der Waals surface area contributed by atoms with E-state index in [1.54, 1.807) is 0 Å². The Hall–Kier alpha value is -1.84. The molecule has 0 saturated carbocycles. The number of benzene rings is 2. The van der Waals surface area contributed by atoms with Crippen molar-refractivity contribution in [1.82, 2.24) is 0 Å². The zero-order valence-electron chi connectivity index (χ0n) is 10.9. The fourth-order valence-corrected chi connectivity index (χ4v) is 1.91. The Morgan fingerprint density at radius 2 is 1.84 bits per heavy atom. The van der Waals surface area contributed by atoms with E-state index >= 15 is 0 Å². The van der Waals surface area contributed by atoms with Gasteiger partial charge in [0.25, 0.3) is 0 Å². The fraction of sp³-hybridized carbons (Fsp3) is 0.250. The molecule has 0 aliphatic rings. The Bertz CT molecular complexity index is 523. The second kappa shape index (κ2) is 6.36. The molecule has 0 heterocycles. The lowest BCUT2D eigenvalue weighted by molar-refractivity contribution is 0.0536. The highest BCUT2D eigenvalue weighted by molar-refractivity contribution is 5.67. The van der Waals surface area contributed by atoms with E-state index in [1.807, 2.05) is 43.3 Å². The normalized spacial score (nSPS) is 12.2. The summed E-state index contributed by atoms with van der Waals surface area (Å²) in [7, 11) is 0. The quantitative estimate of drug-likeness (QED) is 0.865. The summed E-state index contributed by atoms with van der Waals surface area (Å²) in [5, 5.41) is 18.0. The zero-order chi connectivity index (χ0) is 13.7. The molecule has 0 aliphatic heterocycles. The van der Waals surface area contributed by atoms with Gasteiger partial charge in [0, 0.05) is 0 Å². The second-order valence-electron chi connectivity index (χ2n) is 4.49. The van der Waals surface area contributed by atoms with Crippen LogP contribution < -0.4 is 4.74 Å². The maximum atomic E-state index is 9.25. The average Bonchev–Trinajstić information content (AvgIpc) is 2.45. The Morgan fingerprint density at radius 1 is 1.11 bits per heavy atom. The van der Waals surface area contributed by atoms with Gasteiger partial charge in [0.05, 0.1) is 6.61 Å². The lowest BCUT2D eigenvalue weighted by Crippen LogP contribution is -2.21. The third kappa shape index (κ3) is 3.56. The van der Waals surface area contributed by atoms with E-state index in [0.717, 1.165) is 11.1 Å². The summed E-state index contributed by atoms with van der Waals surface area (Å²) in [6.45, 7) is 1.83. The summed E-state index contributed by atoms with van der Waals surface area (Å²) < 4.78 is 5.42. The molecule has 0 bridgehead atoms. The van der Waals surface area contributed by atoms with Gasteiger partial charge in [-0.15, -0.1) is 0 Å². The first-order valence-corrected chi connectivity index (χ1v) is 6.28. The van der Waals surface area contributed by atoms with Crippen molar-refractivity contribution < 1.29 is 14.9 Å². The summed E-state index contributed by atoms with van der Waals surface area (Å²) in [6.07, 6.45) is -0.839. The van der Waals surface area contributed by atoms with Crippen LogP contribution in [0.4, 0.5) is 0 Å². The number of aryl methyl sites for hydroxylation is 1. The fourth-order valence-electron chi connectivity index (χ4n) is 1.91. The van der Waals surface area contributed by atoms with E-state index in [2.05, 4.69) is 12.1 Å². The Kier molecular flexibility index (Phi) is 4.55. The minimum atomic E-state index is -0.839. The van der Waals surface area contributed by atoms with Gasteiger partial charge in [-0.2, -0.15) is 0 Å². The van der Waals surface area contributed by atoms with Crippen molar-refractivity contribution in [3.05, 3.63) is 54.1 Å². The highest BCUT2D eigenvalue weighted by Gasteiger charge is 2.06. The van der Waals surface area contributed by atoms with E-state index in [0.29, 0.717) is 5.75 Å². The van der Waals surface area contributed by atoms with Crippen LogP contribution in [0.2, 0.25) is 0 Å². The molecule has 0 amide bonds. The van der Waals surface area contributed by atoms with Crippen LogP contribution in [0.5, 0.6) is 5.75 Å². The lowest BCUT2D eigenvalue weighted by atomic mass is 10.0. The van der Waals surface area contributed by atoms with Crippen LogP contribution in [0.1, 0.15) is 5.56 Å². The molecule has 0 aromatic heterocycles. The smallest absolute Gasteiger partial charge is 0.119 e. The van der Waals surface area contributed by atoms with Crippen molar-refractivity contribution >= 4 is 0 Å². The minimum absolute atomic E-state index is 0.0978. The molecule has 100 valence electrons. The highest BCUT2D eigenvalue weighted by Crippen LogP contribution is 2.26. The molecule has 0 aliphatic carbocycles. The zero-order valence-corrected chi connectivity index (χ0v) is 10.9. The van der Waals surface area contributed by atoms with Crippen molar-refractivity contribution in [2.45, 2.75) is 13.0 Å². The summed E-state index contributed by atoms with van der Waals surface area (Å²) in [6, 6.07) is 16.0. The van der Waals surface area contributed by atoms with Crippen LogP contribution in [-0.2, 0) is 0 Å². The van der Waals surface area contributed by atoms with Crippen LogP contribution >= 0.6 is 0 Å². The molecule has 0 spiro atoms. The monoisotopic (exact) mass is 258 g/mol. The largest absolute Gasteiger partial charge is 0.491 e. The third-order valence-corrected chi connectivity index (χ3v) is 2.94. The van der Waals surface area contributed by atoms with Crippen molar-refractivity contribution in [2.75, 3.05) is 13.2 Å². The molecule has 3 heteroatoms. The van der Waals surface area contributed by atoms with Crippen molar-refractivity contribution in [3.8, 4) is 16.9 Å². The second-order valence-corrected chi connectivity index (χ2v) is 4.49. The van der Waals surface area contributed by atoms with Gasteiger partial charge < -0.3 is 14.9 Å². The molecule has 2 N–H and O–H groups in total. The van der Waals surface area contributed by atoms with Crippen LogP contribution in [-0.4, -0.2) is 29.5 Å². The number of rotatable bonds is 5. The summed E-state index contributed by atoms with van der Waals surface area (Å²) in [5.74, 6) is 0.699. The summed E-state index contributed by atoms with van der Waals surface area (Å²) in [5.41, 5.74) is 3.44. The van der Waals surface area contributed by atoms with Crippen molar-refractivity contribution in [1.29, 1.82) is 0 Å². The van der Waals surface area contributed by atoms with E-state index in [9.17, 15) is 5.11 Å². The van der Waals surface area contributed by atoms with Crippen molar-refractivity contribution in [2.24, 2.45) is 0 Å². The van der Waals surface area contributed by atoms with Gasteiger partial charge in [0.1, 0.15) is 18.5 Å². The predicted octanol–water partition coefficient (Wildman–Crippen LogP) is 2.39. The van der Waals surface area contributed by atoms with Gasteiger partial charge in [-0.25, -0.2) is 0 Å². The molecule has 2 rings (SSSR count). The average molecular weight is 258 g/mol. The standard InChI is InChI=1S/C16H18O3/c1-12-9-15(19-11-14(18)10-17)7-8-16(12)13-5-3-2-4-6-13/h2-9,14,17-18H,10-11H2,1H3. The molecule has 0 radical (unpaired) electrons. The van der Waals surface area contributed by atoms with Gasteiger partial charge in [0.15, 0.2) is 0 Å². The molecular formula is C16H18O3. The van der Waals surface area contributed by atoms with E-state index in [-0.39, 0.29) is 13.2 Å². The van der Waals surface area contributed by atoms with Gasteiger partial charge in [-0.3, -0.25) is 0 Å². The Morgan fingerprint density at radius 3 is 2.47 bits per heavy atom. The van der Waals surface area contributed by atoms with Crippen LogP contribution in [0.3, 0.4) is 0 Å². The first-order chi connectivity index (χ1) is 9.20. The maximum Gasteiger partial charge on any atom is 0.119 e. The lowest BCUT2D eigenvalue weighted by Gasteiger charge is -2.12. The molecule has 19 heavy (non-hydrogen) atoms. The third-order valence-electron chi connectivity index (χ3n) is 2.94. The SMILES string of the molecule is Cc1cc(OCC(O)CO)ccc1-c1ccccc1. The maximum absolute atomic E-state index is 9.25. The summed E-state index contributed by atoms with van der Waals surface area (Å²) in [4.78, 5) is 0. The number of hydrogen-bond acceptors (Lipinski definition) is 3. The first-order valence-electron chi connectivity index (χ1n) is 6.28. The molecule has 3 nitrogen and oxygen atoms in total. The molecule has 2 aromatic rings. The van der Waals surface area contributed by atoms with Crippen LogP contribution in [0.15, 0.2) is 48.5 Å². The van der Waals surface area contributed by atoms with E-state index in [4.69, 9.17) is 9.84 Å².